The van der Waals surface area contributed by atoms with Crippen molar-refractivity contribution >= 4 is 29.5 Å². The average Bonchev–Trinajstić information content (AvgIpc) is 2.86. The summed E-state index contributed by atoms with van der Waals surface area (Å²) in [7, 11) is 0. The average molecular weight is 301 g/mol. The Kier molecular flexibility index (Phi) is 4.34. The zero-order valence-corrected chi connectivity index (χ0v) is 13.2. The number of fused-ring (bicyclic) bond motifs is 2. The second kappa shape index (κ2) is 5.86. The standard InChI is InChI=1S/C14H23NO2S2/c1-2-17-13(16)11-9-10-5-3-6-14(12(10)15-11)18-7-4-8-19-14/h10-12,15H,2-9H2,1H3/t10-,11-,12+/m1/s1. The summed E-state index contributed by atoms with van der Waals surface area (Å²) in [4.78, 5) is 12.0. The summed E-state index contributed by atoms with van der Waals surface area (Å²) >= 11 is 4.28. The van der Waals surface area contributed by atoms with Crippen LogP contribution in [0.15, 0.2) is 0 Å². The number of carbonyl (C=O) groups is 1. The van der Waals surface area contributed by atoms with Crippen LogP contribution in [-0.4, -0.2) is 40.2 Å². The molecular formula is C14H23NO2S2. The maximum atomic E-state index is 12.0. The van der Waals surface area contributed by atoms with Crippen molar-refractivity contribution in [3.63, 3.8) is 0 Å². The lowest BCUT2D eigenvalue weighted by Gasteiger charge is -2.46. The van der Waals surface area contributed by atoms with Crippen LogP contribution < -0.4 is 5.32 Å². The molecule has 3 aliphatic rings. The minimum atomic E-state index is -0.0620. The fourth-order valence-corrected chi connectivity index (χ4v) is 7.46. The van der Waals surface area contributed by atoms with Gasteiger partial charge in [0.15, 0.2) is 0 Å². The minimum absolute atomic E-state index is 0.0436. The fourth-order valence-electron chi connectivity index (χ4n) is 3.72. The van der Waals surface area contributed by atoms with Crippen LogP contribution in [0, 0.1) is 5.92 Å². The van der Waals surface area contributed by atoms with Gasteiger partial charge in [0.2, 0.25) is 0 Å². The van der Waals surface area contributed by atoms with E-state index in [9.17, 15) is 4.79 Å². The van der Waals surface area contributed by atoms with Gasteiger partial charge >= 0.3 is 5.97 Å². The number of ether oxygens (including phenoxy) is 1. The van der Waals surface area contributed by atoms with Gasteiger partial charge in [0, 0.05) is 6.04 Å². The molecule has 108 valence electrons. The molecule has 3 nitrogen and oxygen atoms in total. The van der Waals surface area contributed by atoms with Crippen molar-refractivity contribution in [2.75, 3.05) is 18.1 Å². The smallest absolute Gasteiger partial charge is 0.323 e. The van der Waals surface area contributed by atoms with E-state index in [2.05, 4.69) is 28.8 Å². The van der Waals surface area contributed by atoms with Gasteiger partial charge in [0.05, 0.1) is 10.7 Å². The van der Waals surface area contributed by atoms with Crippen LogP contribution in [0.1, 0.15) is 39.0 Å². The first-order chi connectivity index (χ1) is 9.25. The molecule has 3 rings (SSSR count). The molecule has 0 bridgehead atoms. The molecule has 0 amide bonds. The Morgan fingerprint density at radius 1 is 1.37 bits per heavy atom. The molecule has 2 heterocycles. The van der Waals surface area contributed by atoms with Crippen molar-refractivity contribution in [2.45, 2.75) is 55.2 Å². The monoisotopic (exact) mass is 301 g/mol. The lowest BCUT2D eigenvalue weighted by molar-refractivity contribution is -0.145. The lowest BCUT2D eigenvalue weighted by atomic mass is 9.84. The largest absolute Gasteiger partial charge is 0.465 e. The highest BCUT2D eigenvalue weighted by atomic mass is 32.2. The van der Waals surface area contributed by atoms with E-state index < -0.39 is 0 Å². The van der Waals surface area contributed by atoms with Crippen LogP contribution >= 0.6 is 23.5 Å². The van der Waals surface area contributed by atoms with E-state index in [0.29, 0.717) is 22.6 Å². The molecule has 3 atom stereocenters. The number of hydrogen-bond donors (Lipinski definition) is 1. The molecule has 0 aromatic rings. The highest BCUT2D eigenvalue weighted by Gasteiger charge is 2.52. The second-order valence-corrected chi connectivity index (χ2v) is 8.81. The Balaban J connectivity index is 1.72. The lowest BCUT2D eigenvalue weighted by Crippen LogP contribution is -2.52. The molecular weight excluding hydrogens is 278 g/mol. The van der Waals surface area contributed by atoms with Gasteiger partial charge in [-0.1, -0.05) is 6.42 Å². The normalized spacial score (nSPS) is 37.0. The summed E-state index contributed by atoms with van der Waals surface area (Å²) in [6.45, 7) is 2.37. The van der Waals surface area contributed by atoms with Gasteiger partial charge < -0.3 is 4.74 Å². The molecule has 0 aromatic carbocycles. The second-order valence-electron chi connectivity index (χ2n) is 5.70. The Bertz CT molecular complexity index is 339. The first-order valence-corrected chi connectivity index (χ1v) is 9.43. The van der Waals surface area contributed by atoms with E-state index in [1.165, 1.54) is 37.2 Å². The van der Waals surface area contributed by atoms with Gasteiger partial charge in [0.25, 0.3) is 0 Å². The zero-order valence-electron chi connectivity index (χ0n) is 11.5. The van der Waals surface area contributed by atoms with Gasteiger partial charge in [-0.25, -0.2) is 0 Å². The summed E-state index contributed by atoms with van der Waals surface area (Å²) in [5.74, 6) is 3.18. The first kappa shape index (κ1) is 14.1. The van der Waals surface area contributed by atoms with Gasteiger partial charge in [-0.3, -0.25) is 10.1 Å². The van der Waals surface area contributed by atoms with E-state index in [0.717, 1.165) is 6.42 Å². The van der Waals surface area contributed by atoms with Crippen LogP contribution in [-0.2, 0) is 9.53 Å². The molecule has 1 spiro atoms. The summed E-state index contributed by atoms with van der Waals surface area (Å²) in [5.41, 5.74) is 0. The first-order valence-electron chi connectivity index (χ1n) is 7.46. The van der Waals surface area contributed by atoms with Crippen LogP contribution in [0.25, 0.3) is 0 Å². The summed E-state index contributed by atoms with van der Waals surface area (Å²) < 4.78 is 5.53. The Labute approximate surface area is 124 Å². The molecule has 5 heteroatoms. The summed E-state index contributed by atoms with van der Waals surface area (Å²) in [6, 6.07) is 0.444. The van der Waals surface area contributed by atoms with E-state index in [1.54, 1.807) is 0 Å². The molecule has 1 aliphatic carbocycles. The predicted octanol–water partition coefficient (Wildman–Crippen LogP) is 2.65. The number of hydrogen-bond acceptors (Lipinski definition) is 5. The molecule has 2 saturated heterocycles. The molecule has 1 N–H and O–H groups in total. The quantitative estimate of drug-likeness (QED) is 0.794. The van der Waals surface area contributed by atoms with Gasteiger partial charge in [0.1, 0.15) is 6.04 Å². The van der Waals surface area contributed by atoms with Gasteiger partial charge in [-0.05, 0) is 50.0 Å². The maximum Gasteiger partial charge on any atom is 0.323 e. The van der Waals surface area contributed by atoms with Crippen molar-refractivity contribution in [1.82, 2.24) is 5.32 Å². The summed E-state index contributed by atoms with van der Waals surface area (Å²) in [5, 5.41) is 3.62. The van der Waals surface area contributed by atoms with E-state index in [4.69, 9.17) is 4.74 Å². The number of rotatable bonds is 2. The molecule has 3 fully saturated rings. The molecule has 0 unspecified atom stereocenters. The van der Waals surface area contributed by atoms with Crippen LogP contribution in [0.2, 0.25) is 0 Å². The third kappa shape index (κ3) is 2.66. The number of carbonyl (C=O) groups excluding carboxylic acids is 1. The molecule has 2 aliphatic heterocycles. The van der Waals surface area contributed by atoms with Crippen LogP contribution in [0.5, 0.6) is 0 Å². The Morgan fingerprint density at radius 2 is 2.16 bits per heavy atom. The van der Waals surface area contributed by atoms with Crippen molar-refractivity contribution in [3.8, 4) is 0 Å². The number of nitrogens with one attached hydrogen (secondary N) is 1. The van der Waals surface area contributed by atoms with Gasteiger partial charge in [-0.2, -0.15) is 0 Å². The van der Waals surface area contributed by atoms with Crippen molar-refractivity contribution < 1.29 is 9.53 Å². The molecule has 19 heavy (non-hydrogen) atoms. The van der Waals surface area contributed by atoms with Crippen LogP contribution in [0.4, 0.5) is 0 Å². The predicted molar refractivity (Wildman–Crippen MR) is 81.6 cm³/mol. The summed E-state index contributed by atoms with van der Waals surface area (Å²) in [6.07, 6.45) is 6.20. The van der Waals surface area contributed by atoms with E-state index in [1.807, 2.05) is 6.92 Å². The fraction of sp³-hybridized carbons (Fsp3) is 0.929. The minimum Gasteiger partial charge on any atom is -0.465 e. The Hall–Kier alpha value is 0.130. The molecule has 0 radical (unpaired) electrons. The third-order valence-electron chi connectivity index (χ3n) is 4.52. The van der Waals surface area contributed by atoms with Gasteiger partial charge in [-0.15, -0.1) is 23.5 Å². The van der Waals surface area contributed by atoms with E-state index >= 15 is 0 Å². The number of thioether (sulfide) groups is 2. The topological polar surface area (TPSA) is 38.3 Å². The van der Waals surface area contributed by atoms with Crippen LogP contribution in [0.3, 0.4) is 0 Å². The third-order valence-corrected chi connectivity index (χ3v) is 8.10. The van der Waals surface area contributed by atoms with Crippen molar-refractivity contribution in [3.05, 3.63) is 0 Å². The highest BCUT2D eigenvalue weighted by molar-refractivity contribution is 8.18. The molecule has 1 saturated carbocycles. The van der Waals surface area contributed by atoms with Crippen molar-refractivity contribution in [2.24, 2.45) is 5.92 Å². The SMILES string of the molecule is CCOC(=O)[C@H]1C[C@H]2CCCC3(SCCCS3)[C@H]2N1. The zero-order chi connectivity index (χ0) is 13.3. The van der Waals surface area contributed by atoms with Crippen molar-refractivity contribution in [1.29, 1.82) is 0 Å². The van der Waals surface area contributed by atoms with E-state index in [-0.39, 0.29) is 12.0 Å². The Morgan fingerprint density at radius 3 is 2.89 bits per heavy atom. The molecule has 0 aromatic heterocycles. The number of esters is 1. The maximum absolute atomic E-state index is 12.0. The highest BCUT2D eigenvalue weighted by Crippen LogP contribution is 2.55.